The standard InChI is InChI=1S/C31H34N2O6S/c1-7-16-38-24-15-14-21(17-25(24)36-8-2)18-26-29(34)33-28(22-12-10-11-13-23(22)39-19(4)5)27(30(35)37-9-3)20(6)32-31(33)40-26/h7,10-15,17-19,28H,1,8-9,16H2,2-6H3/b26-18-/t28-/m1/s1. The van der Waals surface area contributed by atoms with Crippen LogP contribution in [0.1, 0.15) is 51.8 Å². The summed E-state index contributed by atoms with van der Waals surface area (Å²) in [5, 5.41) is 0. The lowest BCUT2D eigenvalue weighted by atomic mass is 9.95. The van der Waals surface area contributed by atoms with Crippen LogP contribution >= 0.6 is 11.3 Å². The third-order valence-electron chi connectivity index (χ3n) is 6.02. The monoisotopic (exact) mass is 562 g/mol. The van der Waals surface area contributed by atoms with Gasteiger partial charge >= 0.3 is 5.97 Å². The van der Waals surface area contributed by atoms with E-state index < -0.39 is 12.0 Å². The molecule has 2 heterocycles. The summed E-state index contributed by atoms with van der Waals surface area (Å²) in [6, 6.07) is 12.2. The highest BCUT2D eigenvalue weighted by atomic mass is 32.1. The minimum atomic E-state index is -0.763. The molecule has 0 saturated heterocycles. The van der Waals surface area contributed by atoms with Crippen molar-refractivity contribution in [3.05, 3.63) is 97.2 Å². The van der Waals surface area contributed by atoms with Gasteiger partial charge in [-0.2, -0.15) is 0 Å². The molecule has 210 valence electrons. The predicted octanol–water partition coefficient (Wildman–Crippen LogP) is 4.55. The molecule has 1 aromatic heterocycles. The van der Waals surface area contributed by atoms with Gasteiger partial charge < -0.3 is 18.9 Å². The minimum absolute atomic E-state index is 0.105. The quantitative estimate of drug-likeness (QED) is 0.252. The summed E-state index contributed by atoms with van der Waals surface area (Å²) >= 11 is 1.26. The van der Waals surface area contributed by atoms with E-state index >= 15 is 0 Å². The summed E-state index contributed by atoms with van der Waals surface area (Å²) < 4.78 is 25.0. The Morgan fingerprint density at radius 1 is 1.10 bits per heavy atom. The Hall–Kier alpha value is -4.11. The molecule has 0 N–H and O–H groups in total. The van der Waals surface area contributed by atoms with E-state index in [9.17, 15) is 9.59 Å². The highest BCUT2D eigenvalue weighted by Crippen LogP contribution is 2.36. The van der Waals surface area contributed by atoms with E-state index in [0.29, 0.717) is 56.6 Å². The number of nitrogens with zero attached hydrogens (tertiary/aromatic N) is 2. The Kier molecular flexibility index (Phi) is 9.26. The summed E-state index contributed by atoms with van der Waals surface area (Å²) in [4.78, 5) is 32.4. The third-order valence-corrected chi connectivity index (χ3v) is 7.00. The first kappa shape index (κ1) is 28.9. The molecule has 0 fully saturated rings. The number of carbonyl (C=O) groups is 1. The number of rotatable bonds is 11. The van der Waals surface area contributed by atoms with Crippen LogP contribution in [0.25, 0.3) is 6.08 Å². The Morgan fingerprint density at radius 3 is 2.58 bits per heavy atom. The van der Waals surface area contributed by atoms with Gasteiger partial charge in [-0.1, -0.05) is 48.3 Å². The molecule has 0 unspecified atom stereocenters. The van der Waals surface area contributed by atoms with E-state index in [1.165, 1.54) is 11.3 Å². The van der Waals surface area contributed by atoms with E-state index in [2.05, 4.69) is 11.6 Å². The highest BCUT2D eigenvalue weighted by Gasteiger charge is 2.35. The van der Waals surface area contributed by atoms with Crippen molar-refractivity contribution in [2.45, 2.75) is 46.8 Å². The second-order valence-electron chi connectivity index (χ2n) is 9.25. The van der Waals surface area contributed by atoms with Gasteiger partial charge in [0, 0.05) is 5.56 Å². The van der Waals surface area contributed by atoms with Gasteiger partial charge in [-0.3, -0.25) is 9.36 Å². The fraction of sp³-hybridized carbons (Fsp3) is 0.323. The molecule has 40 heavy (non-hydrogen) atoms. The zero-order valence-corrected chi connectivity index (χ0v) is 24.2. The van der Waals surface area contributed by atoms with Crippen LogP contribution in [-0.4, -0.2) is 36.5 Å². The molecule has 0 spiro atoms. The van der Waals surface area contributed by atoms with E-state index in [1.54, 1.807) is 30.6 Å². The number of hydrogen-bond donors (Lipinski definition) is 0. The SMILES string of the molecule is C=CCOc1ccc(/C=c2\sc3n(c2=O)[C@H](c2ccccc2OC(C)C)C(C(=O)OCC)=C(C)N=3)cc1OCC. The number of benzene rings is 2. The highest BCUT2D eigenvalue weighted by molar-refractivity contribution is 7.07. The van der Waals surface area contributed by atoms with Crippen molar-refractivity contribution in [2.24, 2.45) is 4.99 Å². The first-order valence-corrected chi connectivity index (χ1v) is 14.1. The first-order chi connectivity index (χ1) is 19.3. The van der Waals surface area contributed by atoms with Gasteiger partial charge in [0.15, 0.2) is 16.3 Å². The summed E-state index contributed by atoms with van der Waals surface area (Å²) in [6.45, 7) is 14.0. The molecule has 3 aromatic rings. The summed E-state index contributed by atoms with van der Waals surface area (Å²) in [7, 11) is 0. The number of allylic oxidation sites excluding steroid dienone is 1. The zero-order chi connectivity index (χ0) is 28.8. The lowest BCUT2D eigenvalue weighted by Crippen LogP contribution is -2.40. The van der Waals surface area contributed by atoms with Crippen molar-refractivity contribution in [3.8, 4) is 17.2 Å². The van der Waals surface area contributed by atoms with E-state index in [-0.39, 0.29) is 18.3 Å². The van der Waals surface area contributed by atoms with Gasteiger partial charge in [-0.15, -0.1) is 0 Å². The van der Waals surface area contributed by atoms with Crippen LogP contribution in [0.15, 0.2) is 76.2 Å². The Labute approximate surface area is 237 Å². The van der Waals surface area contributed by atoms with Gasteiger partial charge in [-0.05, 0) is 64.5 Å². The molecule has 0 radical (unpaired) electrons. The molecule has 0 bridgehead atoms. The van der Waals surface area contributed by atoms with E-state index in [0.717, 1.165) is 5.56 Å². The van der Waals surface area contributed by atoms with Crippen LogP contribution in [0.5, 0.6) is 17.2 Å². The van der Waals surface area contributed by atoms with Crippen molar-refractivity contribution >= 4 is 23.4 Å². The molecule has 2 aromatic carbocycles. The second-order valence-corrected chi connectivity index (χ2v) is 10.3. The molecule has 1 atom stereocenters. The number of aromatic nitrogens is 1. The van der Waals surface area contributed by atoms with E-state index in [4.69, 9.17) is 18.9 Å². The number of ether oxygens (including phenoxy) is 4. The van der Waals surface area contributed by atoms with E-state index in [1.807, 2.05) is 63.2 Å². The van der Waals surface area contributed by atoms with Crippen molar-refractivity contribution in [1.29, 1.82) is 0 Å². The predicted molar refractivity (Wildman–Crippen MR) is 156 cm³/mol. The minimum Gasteiger partial charge on any atom is -0.491 e. The Bertz CT molecular complexity index is 1620. The second kappa shape index (κ2) is 12.8. The van der Waals surface area contributed by atoms with Crippen LogP contribution in [0.4, 0.5) is 0 Å². The molecular weight excluding hydrogens is 528 g/mol. The number of carbonyl (C=O) groups excluding carboxylic acids is 1. The number of esters is 1. The lowest BCUT2D eigenvalue weighted by Gasteiger charge is -2.26. The van der Waals surface area contributed by atoms with Crippen molar-refractivity contribution < 1.29 is 23.7 Å². The molecule has 0 amide bonds. The maximum absolute atomic E-state index is 14.0. The molecule has 1 aliphatic heterocycles. The van der Waals surface area contributed by atoms with Gasteiger partial charge in [0.1, 0.15) is 18.4 Å². The van der Waals surface area contributed by atoms with Gasteiger partial charge in [0.2, 0.25) is 0 Å². The summed E-state index contributed by atoms with van der Waals surface area (Å²) in [5.74, 6) is 1.24. The number of thiazole rings is 1. The Morgan fingerprint density at radius 2 is 1.88 bits per heavy atom. The third kappa shape index (κ3) is 6.04. The van der Waals surface area contributed by atoms with Crippen molar-refractivity contribution in [2.75, 3.05) is 19.8 Å². The van der Waals surface area contributed by atoms with Crippen LogP contribution in [0.2, 0.25) is 0 Å². The zero-order valence-electron chi connectivity index (χ0n) is 23.4. The molecular formula is C31H34N2O6S. The van der Waals surface area contributed by atoms with Crippen LogP contribution in [0.3, 0.4) is 0 Å². The van der Waals surface area contributed by atoms with Gasteiger partial charge in [0.25, 0.3) is 5.56 Å². The normalized spacial score (nSPS) is 14.9. The average Bonchev–Trinajstić information content (AvgIpc) is 3.22. The number of para-hydroxylation sites is 1. The first-order valence-electron chi connectivity index (χ1n) is 13.2. The van der Waals surface area contributed by atoms with Gasteiger partial charge in [0.05, 0.1) is 35.1 Å². The van der Waals surface area contributed by atoms with Crippen LogP contribution < -0.4 is 29.1 Å². The topological polar surface area (TPSA) is 88.4 Å². The molecule has 1 aliphatic rings. The summed E-state index contributed by atoms with van der Waals surface area (Å²) in [6.07, 6.45) is 3.35. The molecule has 8 nitrogen and oxygen atoms in total. The maximum atomic E-state index is 14.0. The summed E-state index contributed by atoms with van der Waals surface area (Å²) in [5.41, 5.74) is 1.98. The largest absolute Gasteiger partial charge is 0.491 e. The smallest absolute Gasteiger partial charge is 0.338 e. The maximum Gasteiger partial charge on any atom is 0.338 e. The van der Waals surface area contributed by atoms with Gasteiger partial charge in [-0.25, -0.2) is 9.79 Å². The number of hydrogen-bond acceptors (Lipinski definition) is 8. The molecule has 0 aliphatic carbocycles. The average molecular weight is 563 g/mol. The fourth-order valence-electron chi connectivity index (χ4n) is 4.46. The molecule has 0 saturated carbocycles. The van der Waals surface area contributed by atoms with Crippen LogP contribution in [-0.2, 0) is 9.53 Å². The van der Waals surface area contributed by atoms with Crippen LogP contribution in [0, 0.1) is 0 Å². The fourth-order valence-corrected chi connectivity index (χ4v) is 5.50. The number of fused-ring (bicyclic) bond motifs is 1. The Balaban J connectivity index is 1.91. The lowest BCUT2D eigenvalue weighted by molar-refractivity contribution is -0.139. The van der Waals surface area contributed by atoms with Crippen molar-refractivity contribution in [1.82, 2.24) is 4.57 Å². The molecule has 4 rings (SSSR count). The molecule has 9 heteroatoms. The van der Waals surface area contributed by atoms with Crippen molar-refractivity contribution in [3.63, 3.8) is 0 Å².